The molecular weight excluding hydrogens is 202 g/mol. The molecule has 0 spiro atoms. The second-order valence-electron chi connectivity index (χ2n) is 5.18. The maximum Gasteiger partial charge on any atom is 0.234 e. The highest BCUT2D eigenvalue weighted by Gasteiger charge is 2.19. The van der Waals surface area contributed by atoms with Gasteiger partial charge in [-0.2, -0.15) is 5.26 Å². The van der Waals surface area contributed by atoms with Gasteiger partial charge >= 0.3 is 0 Å². The van der Waals surface area contributed by atoms with Gasteiger partial charge in [0.25, 0.3) is 0 Å². The number of nitrogens with two attached hydrogens (primary N) is 1. The standard InChI is InChI=1S/C12H23N3O/c1-9(2)10(11(14)16)15-7-5-6-12(3,4)8-13/h9-10,15H,5-7H2,1-4H3,(H2,14,16). The third kappa shape index (κ3) is 5.72. The van der Waals surface area contributed by atoms with E-state index in [-0.39, 0.29) is 23.3 Å². The third-order valence-corrected chi connectivity index (χ3v) is 2.62. The molecule has 0 saturated carbocycles. The molecule has 0 aliphatic carbocycles. The Balaban J connectivity index is 3.90. The summed E-state index contributed by atoms with van der Waals surface area (Å²) in [6.07, 6.45) is 1.69. The number of nitrogens with zero attached hydrogens (tertiary/aromatic N) is 1. The van der Waals surface area contributed by atoms with Gasteiger partial charge in [0.05, 0.1) is 17.5 Å². The van der Waals surface area contributed by atoms with Gasteiger partial charge in [-0.15, -0.1) is 0 Å². The van der Waals surface area contributed by atoms with E-state index in [4.69, 9.17) is 11.0 Å². The van der Waals surface area contributed by atoms with Gasteiger partial charge < -0.3 is 11.1 Å². The molecule has 1 atom stereocenters. The van der Waals surface area contributed by atoms with Crippen molar-refractivity contribution < 1.29 is 4.79 Å². The fraction of sp³-hybridized carbons (Fsp3) is 0.833. The Kier molecular flexibility index (Phi) is 6.05. The molecule has 0 rings (SSSR count). The van der Waals surface area contributed by atoms with Crippen molar-refractivity contribution in [3.05, 3.63) is 0 Å². The summed E-state index contributed by atoms with van der Waals surface area (Å²) >= 11 is 0. The molecule has 0 heterocycles. The molecule has 0 aliphatic heterocycles. The number of carbonyl (C=O) groups is 1. The van der Waals surface area contributed by atoms with E-state index in [9.17, 15) is 4.79 Å². The third-order valence-electron chi connectivity index (χ3n) is 2.62. The van der Waals surface area contributed by atoms with Gasteiger partial charge in [0, 0.05) is 0 Å². The molecule has 1 amide bonds. The molecule has 0 fully saturated rings. The van der Waals surface area contributed by atoms with E-state index in [1.165, 1.54) is 0 Å². The van der Waals surface area contributed by atoms with Crippen LogP contribution in [0.25, 0.3) is 0 Å². The predicted octanol–water partition coefficient (Wildman–Crippen LogP) is 1.42. The maximum absolute atomic E-state index is 11.1. The molecule has 0 aliphatic rings. The second-order valence-corrected chi connectivity index (χ2v) is 5.18. The molecule has 0 saturated heterocycles. The fourth-order valence-electron chi connectivity index (χ4n) is 1.51. The summed E-state index contributed by atoms with van der Waals surface area (Å²) in [5.41, 5.74) is 4.99. The molecule has 0 aromatic heterocycles. The van der Waals surface area contributed by atoms with Gasteiger partial charge in [0.15, 0.2) is 0 Å². The van der Waals surface area contributed by atoms with Crippen LogP contribution in [0.5, 0.6) is 0 Å². The summed E-state index contributed by atoms with van der Waals surface area (Å²) < 4.78 is 0. The molecule has 4 heteroatoms. The molecule has 0 aromatic carbocycles. The summed E-state index contributed by atoms with van der Waals surface area (Å²) in [6.45, 7) is 8.47. The van der Waals surface area contributed by atoms with Crippen molar-refractivity contribution in [2.75, 3.05) is 6.54 Å². The minimum atomic E-state index is -0.311. The average Bonchev–Trinajstić information content (AvgIpc) is 2.16. The Morgan fingerprint density at radius 2 is 2.06 bits per heavy atom. The lowest BCUT2D eigenvalue weighted by Gasteiger charge is -2.20. The maximum atomic E-state index is 11.1. The van der Waals surface area contributed by atoms with Crippen molar-refractivity contribution >= 4 is 5.91 Å². The quantitative estimate of drug-likeness (QED) is 0.643. The number of nitrogens with one attached hydrogen (secondary N) is 1. The van der Waals surface area contributed by atoms with Crippen molar-refractivity contribution in [2.24, 2.45) is 17.1 Å². The number of hydrogen-bond donors (Lipinski definition) is 2. The summed E-state index contributed by atoms with van der Waals surface area (Å²) in [6, 6.07) is 1.98. The molecular formula is C12H23N3O. The van der Waals surface area contributed by atoms with Crippen molar-refractivity contribution in [3.63, 3.8) is 0 Å². The molecule has 3 N–H and O–H groups in total. The molecule has 16 heavy (non-hydrogen) atoms. The zero-order valence-electron chi connectivity index (χ0n) is 10.7. The van der Waals surface area contributed by atoms with Crippen LogP contribution >= 0.6 is 0 Å². The van der Waals surface area contributed by atoms with Gasteiger partial charge in [-0.25, -0.2) is 0 Å². The van der Waals surface area contributed by atoms with Gasteiger partial charge in [-0.1, -0.05) is 13.8 Å². The Morgan fingerprint density at radius 1 is 1.50 bits per heavy atom. The monoisotopic (exact) mass is 225 g/mol. The Morgan fingerprint density at radius 3 is 2.44 bits per heavy atom. The normalized spacial score (nSPS) is 13.5. The first kappa shape index (κ1) is 14.9. The Labute approximate surface area is 98.2 Å². The number of primary amides is 1. The highest BCUT2D eigenvalue weighted by molar-refractivity contribution is 5.80. The summed E-state index contributed by atoms with van der Waals surface area (Å²) in [7, 11) is 0. The van der Waals surface area contributed by atoms with Crippen molar-refractivity contribution in [1.29, 1.82) is 5.26 Å². The van der Waals surface area contributed by atoms with Crippen LogP contribution in [0.1, 0.15) is 40.5 Å². The molecule has 0 radical (unpaired) electrons. The SMILES string of the molecule is CC(C)C(NCCCC(C)(C)C#N)C(N)=O. The topological polar surface area (TPSA) is 78.9 Å². The highest BCUT2D eigenvalue weighted by atomic mass is 16.1. The first-order chi connectivity index (χ1) is 7.30. The molecule has 0 bridgehead atoms. The van der Waals surface area contributed by atoms with Crippen LogP contribution in [0.3, 0.4) is 0 Å². The first-order valence-electron chi connectivity index (χ1n) is 5.74. The van der Waals surface area contributed by atoms with Crippen LogP contribution < -0.4 is 11.1 Å². The zero-order valence-corrected chi connectivity index (χ0v) is 10.7. The number of rotatable bonds is 7. The van der Waals surface area contributed by atoms with E-state index in [0.29, 0.717) is 0 Å². The zero-order chi connectivity index (χ0) is 12.8. The minimum Gasteiger partial charge on any atom is -0.368 e. The van der Waals surface area contributed by atoms with E-state index < -0.39 is 0 Å². The molecule has 1 unspecified atom stereocenters. The van der Waals surface area contributed by atoms with E-state index in [1.54, 1.807) is 0 Å². The fourth-order valence-corrected chi connectivity index (χ4v) is 1.51. The van der Waals surface area contributed by atoms with Crippen molar-refractivity contribution in [1.82, 2.24) is 5.32 Å². The largest absolute Gasteiger partial charge is 0.368 e. The smallest absolute Gasteiger partial charge is 0.234 e. The Bertz CT molecular complexity index is 266. The van der Waals surface area contributed by atoms with Crippen molar-refractivity contribution in [2.45, 2.75) is 46.6 Å². The lowest BCUT2D eigenvalue weighted by Crippen LogP contribution is -2.45. The van der Waals surface area contributed by atoms with Gasteiger partial charge in [0.1, 0.15) is 0 Å². The van der Waals surface area contributed by atoms with E-state index in [2.05, 4.69) is 11.4 Å². The molecule has 0 aromatic rings. The first-order valence-corrected chi connectivity index (χ1v) is 5.74. The lowest BCUT2D eigenvalue weighted by atomic mass is 9.90. The Hall–Kier alpha value is -1.08. The number of hydrogen-bond acceptors (Lipinski definition) is 3. The average molecular weight is 225 g/mol. The second kappa shape index (κ2) is 6.49. The van der Waals surface area contributed by atoms with Crippen LogP contribution in [-0.2, 0) is 4.79 Å². The van der Waals surface area contributed by atoms with Gasteiger partial charge in [-0.3, -0.25) is 4.79 Å². The summed E-state index contributed by atoms with van der Waals surface area (Å²) in [5, 5.41) is 12.0. The highest BCUT2D eigenvalue weighted by Crippen LogP contribution is 2.20. The van der Waals surface area contributed by atoms with Crippen LogP contribution in [-0.4, -0.2) is 18.5 Å². The van der Waals surface area contributed by atoms with E-state index >= 15 is 0 Å². The summed E-state index contributed by atoms with van der Waals surface area (Å²) in [5.74, 6) is -0.115. The van der Waals surface area contributed by atoms with E-state index in [1.807, 2.05) is 27.7 Å². The molecule has 4 nitrogen and oxygen atoms in total. The van der Waals surface area contributed by atoms with Crippen molar-refractivity contribution in [3.8, 4) is 6.07 Å². The minimum absolute atomic E-state index is 0.196. The predicted molar refractivity (Wildman–Crippen MR) is 64.5 cm³/mol. The van der Waals surface area contributed by atoms with Crippen LogP contribution in [0.4, 0.5) is 0 Å². The number of nitriles is 1. The van der Waals surface area contributed by atoms with Crippen LogP contribution in [0.2, 0.25) is 0 Å². The lowest BCUT2D eigenvalue weighted by molar-refractivity contribution is -0.121. The van der Waals surface area contributed by atoms with Gasteiger partial charge in [-0.05, 0) is 39.2 Å². The van der Waals surface area contributed by atoms with E-state index in [0.717, 1.165) is 19.4 Å². The summed E-state index contributed by atoms with van der Waals surface area (Å²) in [4.78, 5) is 11.1. The van der Waals surface area contributed by atoms with Crippen LogP contribution in [0.15, 0.2) is 0 Å². The number of amides is 1. The van der Waals surface area contributed by atoms with Crippen LogP contribution in [0, 0.1) is 22.7 Å². The van der Waals surface area contributed by atoms with Gasteiger partial charge in [0.2, 0.25) is 5.91 Å². The number of carbonyl (C=O) groups excluding carboxylic acids is 1. The molecule has 92 valence electrons.